The molecule has 1 rings (SSSR count). The number of hydrogen-bond acceptors (Lipinski definition) is 3. The Morgan fingerprint density at radius 3 is 2.72 bits per heavy atom. The Balaban J connectivity index is 3.05. The topological polar surface area (TPSA) is 69.4 Å². The van der Waals surface area contributed by atoms with E-state index in [0.717, 1.165) is 18.4 Å². The molecule has 2 N–H and O–H groups in total. The summed E-state index contributed by atoms with van der Waals surface area (Å²) < 4.78 is 29.2. The summed E-state index contributed by atoms with van der Waals surface area (Å²) in [6.45, 7) is 5.82. The van der Waals surface area contributed by atoms with Crippen LogP contribution in [0, 0.1) is 6.92 Å². The average Bonchev–Trinajstić information content (AvgIpc) is 2.24. The van der Waals surface area contributed by atoms with Crippen LogP contribution in [-0.4, -0.2) is 15.0 Å². The molecule has 0 saturated carbocycles. The number of allylic oxidation sites excluding steroid dienone is 1. The van der Waals surface area contributed by atoms with Gasteiger partial charge in [-0.2, -0.15) is 0 Å². The molecule has 100 valence electrons. The van der Waals surface area contributed by atoms with Gasteiger partial charge in [-0.15, -0.1) is 6.58 Å². The molecule has 18 heavy (non-hydrogen) atoms. The second-order valence-corrected chi connectivity index (χ2v) is 6.32. The van der Waals surface area contributed by atoms with E-state index in [1.165, 1.54) is 6.07 Å². The normalized spacial score (nSPS) is 11.3. The van der Waals surface area contributed by atoms with E-state index < -0.39 is 10.0 Å². The van der Waals surface area contributed by atoms with Crippen molar-refractivity contribution in [2.75, 3.05) is 6.61 Å². The Morgan fingerprint density at radius 2 is 2.17 bits per heavy atom. The Morgan fingerprint density at radius 1 is 1.50 bits per heavy atom. The molecule has 0 aromatic heterocycles. The van der Waals surface area contributed by atoms with E-state index in [2.05, 4.69) is 22.5 Å². The Labute approximate surface area is 116 Å². The van der Waals surface area contributed by atoms with Crippen molar-refractivity contribution in [2.24, 2.45) is 5.14 Å². The van der Waals surface area contributed by atoms with Crippen LogP contribution in [0.3, 0.4) is 0 Å². The maximum absolute atomic E-state index is 11.5. The van der Waals surface area contributed by atoms with Gasteiger partial charge >= 0.3 is 0 Å². The summed E-state index contributed by atoms with van der Waals surface area (Å²) in [5.41, 5.74) is 0.729. The highest BCUT2D eigenvalue weighted by molar-refractivity contribution is 9.10. The minimum Gasteiger partial charge on any atom is -0.492 e. The fraction of sp³-hybridized carbons (Fsp3) is 0.333. The Kier molecular flexibility index (Phi) is 5.37. The van der Waals surface area contributed by atoms with Gasteiger partial charge in [0, 0.05) is 4.47 Å². The molecule has 0 fully saturated rings. The lowest BCUT2D eigenvalue weighted by atomic mass is 10.2. The fourth-order valence-electron chi connectivity index (χ4n) is 1.50. The van der Waals surface area contributed by atoms with E-state index in [1.807, 2.05) is 0 Å². The Bertz CT molecular complexity index is 540. The van der Waals surface area contributed by atoms with E-state index >= 15 is 0 Å². The van der Waals surface area contributed by atoms with Gasteiger partial charge in [0.15, 0.2) is 0 Å². The Hall–Kier alpha value is -0.850. The van der Waals surface area contributed by atoms with Gasteiger partial charge in [0.1, 0.15) is 10.6 Å². The van der Waals surface area contributed by atoms with Crippen LogP contribution in [0.1, 0.15) is 18.4 Å². The molecule has 4 nitrogen and oxygen atoms in total. The van der Waals surface area contributed by atoms with Crippen LogP contribution in [-0.2, 0) is 10.0 Å². The number of hydrogen-bond donors (Lipinski definition) is 1. The molecule has 0 radical (unpaired) electrons. The number of rotatable bonds is 6. The van der Waals surface area contributed by atoms with Crippen LogP contribution < -0.4 is 9.88 Å². The van der Waals surface area contributed by atoms with Gasteiger partial charge < -0.3 is 4.74 Å². The minimum absolute atomic E-state index is 0.00739. The lowest BCUT2D eigenvalue weighted by Gasteiger charge is -2.13. The molecule has 0 heterocycles. The summed E-state index contributed by atoms with van der Waals surface area (Å²) in [4.78, 5) is 0.00739. The molecule has 0 saturated heterocycles. The molecule has 1 aromatic rings. The standard InChI is InChI=1S/C12H16BrNO3S/c1-3-4-5-6-17-12-9(2)7-10(13)8-11(12)18(14,15)16/h3,7-8H,1,4-6H2,2H3,(H2,14,15,16). The molecule has 0 atom stereocenters. The first kappa shape index (κ1) is 15.2. The van der Waals surface area contributed by atoms with E-state index in [9.17, 15) is 8.42 Å². The molecule has 0 amide bonds. The molecule has 0 spiro atoms. The third-order valence-electron chi connectivity index (χ3n) is 2.31. The number of ether oxygens (including phenoxy) is 1. The third-order valence-corrected chi connectivity index (χ3v) is 3.68. The van der Waals surface area contributed by atoms with Gasteiger partial charge in [-0.05, 0) is 37.5 Å². The van der Waals surface area contributed by atoms with Crippen molar-refractivity contribution in [1.29, 1.82) is 0 Å². The van der Waals surface area contributed by atoms with Crippen LogP contribution >= 0.6 is 15.9 Å². The number of halogens is 1. The summed E-state index contributed by atoms with van der Waals surface area (Å²) >= 11 is 3.24. The van der Waals surface area contributed by atoms with Crippen LogP contribution in [0.2, 0.25) is 0 Å². The number of nitrogens with two attached hydrogens (primary N) is 1. The van der Waals surface area contributed by atoms with Crippen LogP contribution in [0.15, 0.2) is 34.2 Å². The number of primary sulfonamides is 1. The fourth-order valence-corrected chi connectivity index (χ4v) is 2.99. The maximum atomic E-state index is 11.5. The smallest absolute Gasteiger partial charge is 0.241 e. The molecule has 0 aliphatic carbocycles. The average molecular weight is 334 g/mol. The van der Waals surface area contributed by atoms with Gasteiger partial charge in [0.25, 0.3) is 0 Å². The maximum Gasteiger partial charge on any atom is 0.241 e. The quantitative estimate of drug-likeness (QED) is 0.642. The van der Waals surface area contributed by atoms with Crippen LogP contribution in [0.5, 0.6) is 5.75 Å². The minimum atomic E-state index is -3.80. The molecule has 0 aliphatic heterocycles. The highest BCUT2D eigenvalue weighted by Gasteiger charge is 2.18. The van der Waals surface area contributed by atoms with Crippen LogP contribution in [0.25, 0.3) is 0 Å². The van der Waals surface area contributed by atoms with E-state index in [-0.39, 0.29) is 4.90 Å². The van der Waals surface area contributed by atoms with Gasteiger partial charge in [-0.3, -0.25) is 0 Å². The molecule has 1 aromatic carbocycles. The van der Waals surface area contributed by atoms with Gasteiger partial charge in [0.05, 0.1) is 6.61 Å². The molecule has 0 bridgehead atoms. The van der Waals surface area contributed by atoms with Crippen molar-refractivity contribution >= 4 is 26.0 Å². The van der Waals surface area contributed by atoms with Gasteiger partial charge in [-0.25, -0.2) is 13.6 Å². The SMILES string of the molecule is C=CCCCOc1c(C)cc(Br)cc1S(N)(=O)=O. The van der Waals surface area contributed by atoms with E-state index in [4.69, 9.17) is 9.88 Å². The summed E-state index contributed by atoms with van der Waals surface area (Å²) in [5, 5.41) is 5.18. The number of unbranched alkanes of at least 4 members (excludes halogenated alkanes) is 1. The highest BCUT2D eigenvalue weighted by atomic mass is 79.9. The summed E-state index contributed by atoms with van der Waals surface area (Å²) in [6.07, 6.45) is 3.39. The lowest BCUT2D eigenvalue weighted by Crippen LogP contribution is -2.15. The summed E-state index contributed by atoms with van der Waals surface area (Å²) in [6, 6.07) is 3.24. The van der Waals surface area contributed by atoms with Crippen molar-refractivity contribution in [2.45, 2.75) is 24.7 Å². The largest absolute Gasteiger partial charge is 0.492 e. The second-order valence-electron chi connectivity index (χ2n) is 3.87. The second kappa shape index (κ2) is 6.36. The predicted molar refractivity (Wildman–Crippen MR) is 75.2 cm³/mol. The molecule has 0 unspecified atom stereocenters. The molecule has 0 aliphatic rings. The van der Waals surface area contributed by atoms with Crippen molar-refractivity contribution in [3.63, 3.8) is 0 Å². The highest BCUT2D eigenvalue weighted by Crippen LogP contribution is 2.31. The first-order valence-corrected chi connectivity index (χ1v) is 7.77. The zero-order chi connectivity index (χ0) is 13.8. The monoisotopic (exact) mass is 333 g/mol. The number of benzene rings is 1. The zero-order valence-corrected chi connectivity index (χ0v) is 12.6. The van der Waals surface area contributed by atoms with Crippen molar-refractivity contribution < 1.29 is 13.2 Å². The van der Waals surface area contributed by atoms with E-state index in [1.54, 1.807) is 19.1 Å². The number of aryl methyl sites for hydroxylation is 1. The van der Waals surface area contributed by atoms with Gasteiger partial charge in [-0.1, -0.05) is 22.0 Å². The van der Waals surface area contributed by atoms with Crippen molar-refractivity contribution in [3.05, 3.63) is 34.8 Å². The summed E-state index contributed by atoms with van der Waals surface area (Å²) in [7, 11) is -3.80. The first-order valence-electron chi connectivity index (χ1n) is 5.43. The van der Waals surface area contributed by atoms with Crippen molar-refractivity contribution in [1.82, 2.24) is 0 Å². The summed E-state index contributed by atoms with van der Waals surface area (Å²) in [5.74, 6) is 0.324. The third kappa shape index (κ3) is 4.12. The van der Waals surface area contributed by atoms with Crippen LogP contribution in [0.4, 0.5) is 0 Å². The van der Waals surface area contributed by atoms with Crippen molar-refractivity contribution in [3.8, 4) is 5.75 Å². The first-order chi connectivity index (χ1) is 8.36. The predicted octanol–water partition coefficient (Wildman–Crippen LogP) is 2.75. The molecule has 6 heteroatoms. The molecular formula is C12H16BrNO3S. The lowest BCUT2D eigenvalue weighted by molar-refractivity contribution is 0.302. The number of sulfonamides is 1. The van der Waals surface area contributed by atoms with E-state index in [0.29, 0.717) is 16.8 Å². The van der Waals surface area contributed by atoms with Gasteiger partial charge in [0.2, 0.25) is 10.0 Å². The zero-order valence-electron chi connectivity index (χ0n) is 10.1. The molecular weight excluding hydrogens is 318 g/mol.